The Morgan fingerprint density at radius 1 is 0.493 bits per heavy atom. The van der Waals surface area contributed by atoms with E-state index in [-0.39, 0.29) is 12.0 Å². The predicted octanol–water partition coefficient (Wildman–Crippen LogP) is 17.4. The molecule has 318 valence electrons. The number of rotatable bonds is 5. The van der Waals surface area contributed by atoms with Crippen LogP contribution < -0.4 is 0 Å². The van der Waals surface area contributed by atoms with Crippen LogP contribution in [0.25, 0.3) is 98.4 Å². The van der Waals surface area contributed by atoms with E-state index in [1.54, 1.807) is 0 Å². The van der Waals surface area contributed by atoms with Gasteiger partial charge in [0.1, 0.15) is 11.2 Å². The van der Waals surface area contributed by atoms with Gasteiger partial charge < -0.3 is 8.98 Å². The molecule has 12 aromatic rings. The van der Waals surface area contributed by atoms with Gasteiger partial charge in [-0.15, -0.1) is 5.73 Å². The van der Waals surface area contributed by atoms with E-state index in [9.17, 15) is 0 Å². The van der Waals surface area contributed by atoms with Crippen molar-refractivity contribution in [3.63, 3.8) is 0 Å². The van der Waals surface area contributed by atoms with Crippen LogP contribution in [-0.2, 0) is 0 Å². The van der Waals surface area contributed by atoms with Crippen LogP contribution in [0.4, 0.5) is 0 Å². The summed E-state index contributed by atoms with van der Waals surface area (Å²) < 4.78 is 9.18. The Labute approximate surface area is 389 Å². The van der Waals surface area contributed by atoms with Crippen molar-refractivity contribution in [2.45, 2.75) is 32.2 Å². The van der Waals surface area contributed by atoms with E-state index >= 15 is 0 Å². The summed E-state index contributed by atoms with van der Waals surface area (Å²) in [5, 5.41) is 12.2. The van der Waals surface area contributed by atoms with Crippen molar-refractivity contribution in [3.05, 3.63) is 235 Å². The molecule has 2 aromatic heterocycles. The maximum Gasteiger partial charge on any atom is 0.143 e. The first-order valence-corrected chi connectivity index (χ1v) is 23.6. The lowest BCUT2D eigenvalue weighted by Gasteiger charge is -2.23. The van der Waals surface area contributed by atoms with E-state index in [0.717, 1.165) is 68.4 Å². The lowest BCUT2D eigenvalue weighted by Crippen LogP contribution is -2.09. The quantitative estimate of drug-likeness (QED) is 0.125. The van der Waals surface area contributed by atoms with Crippen molar-refractivity contribution in [2.24, 2.45) is 10.9 Å². The van der Waals surface area contributed by atoms with E-state index in [4.69, 9.17) is 9.41 Å². The molecule has 3 heteroatoms. The highest BCUT2D eigenvalue weighted by Crippen LogP contribution is 2.45. The largest absolute Gasteiger partial charge is 0.455 e. The molecule has 67 heavy (non-hydrogen) atoms. The van der Waals surface area contributed by atoms with Crippen LogP contribution in [0.1, 0.15) is 48.9 Å². The highest BCUT2D eigenvalue weighted by molar-refractivity contribution is 6.28. The third kappa shape index (κ3) is 6.54. The van der Waals surface area contributed by atoms with Crippen LogP contribution in [0, 0.1) is 5.92 Å². The van der Waals surface area contributed by atoms with Crippen LogP contribution in [0.2, 0.25) is 0 Å². The van der Waals surface area contributed by atoms with E-state index in [2.05, 4.69) is 223 Å². The Balaban J connectivity index is 1.09. The van der Waals surface area contributed by atoms with Gasteiger partial charge in [-0.05, 0) is 104 Å². The molecule has 0 saturated carbocycles. The molecular formula is C64H46N2O. The summed E-state index contributed by atoms with van der Waals surface area (Å²) in [6.07, 6.45) is 4.80. The fourth-order valence-electron chi connectivity index (χ4n) is 11.1. The number of fused-ring (bicyclic) bond motifs is 12. The van der Waals surface area contributed by atoms with Gasteiger partial charge >= 0.3 is 0 Å². The topological polar surface area (TPSA) is 30.4 Å². The van der Waals surface area contributed by atoms with Crippen molar-refractivity contribution in [3.8, 4) is 16.8 Å². The lowest BCUT2D eigenvalue weighted by molar-refractivity contribution is 0.550. The summed E-state index contributed by atoms with van der Waals surface area (Å²) in [6, 6.07) is 75.2. The zero-order valence-electron chi connectivity index (χ0n) is 37.3. The van der Waals surface area contributed by atoms with Crippen molar-refractivity contribution < 1.29 is 4.42 Å². The number of furan rings is 1. The van der Waals surface area contributed by atoms with E-state index in [1.165, 1.54) is 65.3 Å². The molecule has 2 unspecified atom stereocenters. The summed E-state index contributed by atoms with van der Waals surface area (Å²) in [6.45, 7) is 2.38. The molecule has 0 aliphatic carbocycles. The normalized spacial score (nSPS) is 16.6. The molecule has 3 heterocycles. The average Bonchev–Trinajstić information content (AvgIpc) is 3.94. The fraction of sp³-hybridized carbons (Fsp3) is 0.0938. The van der Waals surface area contributed by atoms with Gasteiger partial charge in [-0.2, -0.15) is 0 Å². The van der Waals surface area contributed by atoms with Gasteiger partial charge in [-0.25, -0.2) is 0 Å². The van der Waals surface area contributed by atoms with Gasteiger partial charge in [-0.1, -0.05) is 183 Å². The second-order valence-corrected chi connectivity index (χ2v) is 18.2. The minimum absolute atomic E-state index is 0.0475. The van der Waals surface area contributed by atoms with Gasteiger partial charge in [0.25, 0.3) is 0 Å². The van der Waals surface area contributed by atoms with Gasteiger partial charge in [0, 0.05) is 50.2 Å². The molecule has 1 aliphatic heterocycles. The molecule has 0 N–H and O–H groups in total. The average molecular weight is 859 g/mol. The Bertz CT molecular complexity index is 4010. The van der Waals surface area contributed by atoms with Crippen molar-refractivity contribution in [2.75, 3.05) is 0 Å². The number of hydrogen-bond acceptors (Lipinski definition) is 2. The molecular weight excluding hydrogens is 813 g/mol. The Morgan fingerprint density at radius 2 is 1.13 bits per heavy atom. The van der Waals surface area contributed by atoms with Crippen LogP contribution in [0.15, 0.2) is 227 Å². The first kappa shape index (κ1) is 39.2. The van der Waals surface area contributed by atoms with Gasteiger partial charge in [0.05, 0.1) is 22.8 Å². The predicted molar refractivity (Wildman–Crippen MR) is 283 cm³/mol. The lowest BCUT2D eigenvalue weighted by atomic mass is 9.85. The zero-order chi connectivity index (χ0) is 44.4. The van der Waals surface area contributed by atoms with Crippen LogP contribution in [0.5, 0.6) is 0 Å². The molecule has 1 aliphatic rings. The highest BCUT2D eigenvalue weighted by Gasteiger charge is 2.24. The van der Waals surface area contributed by atoms with Crippen LogP contribution >= 0.6 is 0 Å². The minimum Gasteiger partial charge on any atom is -0.455 e. The van der Waals surface area contributed by atoms with Gasteiger partial charge in [0.15, 0.2) is 0 Å². The number of allylic oxidation sites excluding steroid dienone is 1. The van der Waals surface area contributed by atoms with Crippen molar-refractivity contribution in [1.29, 1.82) is 0 Å². The minimum atomic E-state index is 0.0475. The summed E-state index contributed by atoms with van der Waals surface area (Å²) >= 11 is 0. The third-order valence-electron chi connectivity index (χ3n) is 14.3. The smallest absolute Gasteiger partial charge is 0.143 e. The number of benzene rings is 10. The number of hydrogen-bond donors (Lipinski definition) is 0. The van der Waals surface area contributed by atoms with E-state index < -0.39 is 0 Å². The molecule has 3 nitrogen and oxygen atoms in total. The standard InChI is InChI=1S/C64H46N2O/c1-41-34-37-58(43-20-6-3-7-21-43)65-57(42-18-4-2-5-19-42)31-17-28-46(41)45-38-56-50-24-9-8-22-48(50)49-23-10-11-27-54(49)63(56)61(40-45)66-59-32-14-12-25-51(59)52-36-35-44(39-60(52)66)47-29-16-30-55-53-26-13-15-33-62(53)67-64(47)55/h2-27,29-30,32-33,35-36,38-41,58H,31,34,37H2,1H3/b65-57+. The first-order chi connectivity index (χ1) is 33.2. The second kappa shape index (κ2) is 16.0. The Hall–Kier alpha value is -8.23. The second-order valence-electron chi connectivity index (χ2n) is 18.2. The Kier molecular flexibility index (Phi) is 9.37. The number of aliphatic imine (C=N–C) groups is 1. The molecule has 0 fully saturated rings. The molecule has 0 radical (unpaired) electrons. The molecule has 0 spiro atoms. The molecule has 0 bridgehead atoms. The summed E-state index contributed by atoms with van der Waals surface area (Å²) in [7, 11) is 0. The molecule has 0 saturated heterocycles. The number of aromatic nitrogens is 1. The first-order valence-electron chi connectivity index (χ1n) is 23.6. The molecule has 10 aromatic carbocycles. The zero-order valence-corrected chi connectivity index (χ0v) is 37.3. The molecule has 13 rings (SSSR count). The SMILES string of the molecule is CC1CCC(c2ccccc2)/N=C(/c2ccccc2)CC=C=C1c1cc(-n2c3ccccc3c3ccc(-c4cccc5c4oc4ccccc45)cc32)c2c3ccccc3c3ccccc3c2c1. The monoisotopic (exact) mass is 858 g/mol. The summed E-state index contributed by atoms with van der Waals surface area (Å²) in [5.41, 5.74) is 17.4. The Morgan fingerprint density at radius 3 is 1.94 bits per heavy atom. The van der Waals surface area contributed by atoms with Crippen molar-refractivity contribution >= 4 is 87.3 Å². The molecule has 2 atom stereocenters. The maximum absolute atomic E-state index is 6.64. The van der Waals surface area contributed by atoms with E-state index in [1.807, 2.05) is 6.07 Å². The summed E-state index contributed by atoms with van der Waals surface area (Å²) in [4.78, 5) is 5.50. The fourth-order valence-corrected chi connectivity index (χ4v) is 11.1. The van der Waals surface area contributed by atoms with Gasteiger partial charge in [0.2, 0.25) is 0 Å². The maximum atomic E-state index is 6.64. The van der Waals surface area contributed by atoms with Gasteiger partial charge in [-0.3, -0.25) is 4.99 Å². The van der Waals surface area contributed by atoms with Crippen molar-refractivity contribution in [1.82, 2.24) is 4.57 Å². The number of nitrogens with zero attached hydrogens (tertiary/aromatic N) is 2. The highest BCUT2D eigenvalue weighted by atomic mass is 16.3. The van der Waals surface area contributed by atoms with Crippen LogP contribution in [0.3, 0.4) is 0 Å². The number of para-hydroxylation sites is 3. The molecule has 0 amide bonds. The third-order valence-corrected chi connectivity index (χ3v) is 14.3. The van der Waals surface area contributed by atoms with E-state index in [0.29, 0.717) is 6.42 Å². The summed E-state index contributed by atoms with van der Waals surface area (Å²) in [5.74, 6) is 0.210. The van der Waals surface area contributed by atoms with Crippen LogP contribution in [-0.4, -0.2) is 10.3 Å².